The molecule has 30 heteroatoms. The third-order valence-corrected chi connectivity index (χ3v) is 26.7. The maximum absolute atomic E-state index is 15.5. The molecule has 1 aromatic carbocycles. The summed E-state index contributed by atoms with van der Waals surface area (Å²) in [5, 5.41) is 23.9. The number of ether oxygens (including phenoxy) is 8. The first kappa shape index (κ1) is 111. The van der Waals surface area contributed by atoms with Gasteiger partial charge in [-0.15, -0.1) is 0 Å². The van der Waals surface area contributed by atoms with Crippen molar-refractivity contribution in [2.75, 3.05) is 77.6 Å². The zero-order valence-electron chi connectivity index (χ0n) is 81.2. The molecule has 5 rings (SSSR count). The molecule has 0 saturated carbocycles. The second-order valence-corrected chi connectivity index (χ2v) is 37.1. The van der Waals surface area contributed by atoms with Gasteiger partial charge in [0.15, 0.2) is 30.9 Å². The molecule has 730 valence electrons. The highest BCUT2D eigenvalue weighted by Gasteiger charge is 2.46. The van der Waals surface area contributed by atoms with E-state index in [9.17, 15) is 47.9 Å². The molecule has 128 heavy (non-hydrogen) atoms. The number of Topliss-reactive ketones (excluding diaryl/α,β-unsaturated/α-hetero) is 2. The zero-order chi connectivity index (χ0) is 94.2. The van der Waals surface area contributed by atoms with Crippen LogP contribution in [0.4, 0.5) is 5.69 Å². The van der Waals surface area contributed by atoms with Gasteiger partial charge in [0.25, 0.3) is 11.8 Å². The lowest BCUT2D eigenvalue weighted by molar-refractivity contribution is -0.236. The minimum Gasteiger partial charge on any atom is -0.355 e. The van der Waals surface area contributed by atoms with Gasteiger partial charge in [-0.25, -0.2) is 0 Å². The van der Waals surface area contributed by atoms with E-state index >= 15 is 9.59 Å². The van der Waals surface area contributed by atoms with E-state index in [1.54, 1.807) is 6.92 Å². The van der Waals surface area contributed by atoms with Crippen LogP contribution in [0.25, 0.3) is 0 Å². The van der Waals surface area contributed by atoms with Crippen LogP contribution in [0.3, 0.4) is 0 Å². The van der Waals surface area contributed by atoms with Crippen LogP contribution >= 0.6 is 0 Å². The van der Waals surface area contributed by atoms with Gasteiger partial charge in [-0.1, -0.05) is 179 Å². The summed E-state index contributed by atoms with van der Waals surface area (Å²) < 4.78 is 50.5. The monoisotopic (exact) mass is 1810 g/mol. The number of carbonyl (C=O) groups is 12. The van der Waals surface area contributed by atoms with Crippen molar-refractivity contribution >= 4 is 76.3 Å². The molecule has 1 aromatic rings. The predicted molar refractivity (Wildman–Crippen MR) is 494 cm³/mol. The Morgan fingerprint density at radius 3 is 0.844 bits per heavy atom. The maximum Gasteiger partial charge on any atom is 0.254 e. The molecule has 4 saturated heterocycles. The van der Waals surface area contributed by atoms with Crippen molar-refractivity contribution in [3.63, 3.8) is 0 Å². The summed E-state index contributed by atoms with van der Waals surface area (Å²) >= 11 is 0. The first-order valence-corrected chi connectivity index (χ1v) is 49.2. The van der Waals surface area contributed by atoms with E-state index in [0.717, 1.165) is 138 Å². The van der Waals surface area contributed by atoms with Crippen LogP contribution in [0.15, 0.2) is 18.2 Å². The molecule has 8 N–H and O–H groups in total. The molecule has 4 fully saturated rings. The summed E-state index contributed by atoms with van der Waals surface area (Å²) in [5.41, 5.74) is -0.231. The molecule has 4 aliphatic heterocycles. The number of amides is 10. The highest BCUT2D eigenvalue weighted by atomic mass is 16.7. The fourth-order valence-corrected chi connectivity index (χ4v) is 18.2. The highest BCUT2D eigenvalue weighted by molar-refractivity contribution is 6.05. The second kappa shape index (κ2) is 61.6. The number of hydrogen-bond donors (Lipinski definition) is 8. The van der Waals surface area contributed by atoms with E-state index in [-0.39, 0.29) is 180 Å². The third kappa shape index (κ3) is 40.6. The van der Waals surface area contributed by atoms with E-state index in [4.69, 9.17) is 37.9 Å². The average Bonchev–Trinajstić information content (AvgIpc) is 0.831. The third-order valence-electron chi connectivity index (χ3n) is 26.7. The van der Waals surface area contributed by atoms with Crippen molar-refractivity contribution in [2.45, 2.75) is 397 Å². The van der Waals surface area contributed by atoms with Crippen LogP contribution in [0.2, 0.25) is 0 Å². The summed E-state index contributed by atoms with van der Waals surface area (Å²) in [6, 6.07) is 2.93. The van der Waals surface area contributed by atoms with Gasteiger partial charge in [0, 0.05) is 110 Å². The van der Waals surface area contributed by atoms with Gasteiger partial charge in [0.05, 0.1) is 55.1 Å². The molecule has 0 aliphatic carbocycles. The normalized spacial score (nSPS) is 25.7. The van der Waals surface area contributed by atoms with E-state index in [1.165, 1.54) is 45.9 Å². The van der Waals surface area contributed by atoms with Gasteiger partial charge < -0.3 is 95.0 Å². The van der Waals surface area contributed by atoms with E-state index < -0.39 is 86.8 Å². The Hall–Kier alpha value is -7.06. The van der Waals surface area contributed by atoms with Gasteiger partial charge in [-0.05, 0) is 162 Å². The fourth-order valence-electron chi connectivity index (χ4n) is 18.2. The molecule has 20 atom stereocenters. The molecule has 0 aromatic heterocycles. The number of nitrogens with one attached hydrogen (secondary N) is 8. The predicted octanol–water partition coefficient (Wildman–Crippen LogP) is 13.7. The fraction of sp³-hybridized carbons (Fsp3) is 0.816. The van der Waals surface area contributed by atoms with Gasteiger partial charge in [0.1, 0.15) is 25.4 Å². The topological polar surface area (TPSA) is 381 Å². The quantitative estimate of drug-likeness (QED) is 0.0281. The molecule has 10 amide bonds. The summed E-state index contributed by atoms with van der Waals surface area (Å²) in [6.07, 6.45) is 20.4. The zero-order valence-corrected chi connectivity index (χ0v) is 81.2. The summed E-state index contributed by atoms with van der Waals surface area (Å²) in [5.74, 6) is -2.95. The van der Waals surface area contributed by atoms with Crippen LogP contribution in [0, 0.1) is 47.3 Å². The Labute approximate surface area is 766 Å². The van der Waals surface area contributed by atoms with E-state index in [2.05, 4.69) is 126 Å². The summed E-state index contributed by atoms with van der Waals surface area (Å²) in [7, 11) is 0. The van der Waals surface area contributed by atoms with Crippen molar-refractivity contribution < 1.29 is 95.4 Å². The SMILES string of the molecule is CCC1OC(OCCCCCCCC(=O)CN(CC(=O)NCCCCCCOC2OC(CC)C(C)C(C)C2NC(C)=O)C(=O)c2cc(NC(=O)CCCCCCCCCCC(C)=O)cc(C(=O)N(CC(=O)NCCCCCCOC3OC(CC)C(C)C(C)C3NC(C)=O)CC(=O)NCCCCCCOC3OC(CC)C(C)C(C)C3NC(C)=O)c2)C(NC(C)=O)C(C)C1C. The number of carbonyl (C=O) groups excluding carboxylic acids is 12. The Bertz CT molecular complexity index is 3160. The average molecular weight is 1810 g/mol. The Morgan fingerprint density at radius 2 is 0.562 bits per heavy atom. The van der Waals surface area contributed by atoms with Crippen LogP contribution in [0.1, 0.15) is 344 Å². The van der Waals surface area contributed by atoms with Crippen LogP contribution in [-0.2, 0) is 85.8 Å². The minimum atomic E-state index is -0.814. The van der Waals surface area contributed by atoms with Crippen LogP contribution in [0.5, 0.6) is 0 Å². The largest absolute Gasteiger partial charge is 0.355 e. The molecule has 0 radical (unpaired) electrons. The number of hydrogen-bond acceptors (Lipinski definition) is 20. The Morgan fingerprint density at radius 1 is 0.305 bits per heavy atom. The molecule has 0 bridgehead atoms. The molecule has 0 spiro atoms. The maximum atomic E-state index is 15.5. The molecule has 20 unspecified atom stereocenters. The molecular formula is C98H168N10O20. The molecule has 30 nitrogen and oxygen atoms in total. The van der Waals surface area contributed by atoms with Crippen LogP contribution in [-0.4, -0.2) is 226 Å². The number of anilines is 1. The lowest BCUT2D eigenvalue weighted by Gasteiger charge is -2.44. The minimum absolute atomic E-state index is 0.00322. The van der Waals surface area contributed by atoms with Gasteiger partial charge in [-0.3, -0.25) is 52.7 Å². The number of benzene rings is 1. The standard InChI is InChI=1S/C98H168N10O20/c1-18-81-65(6)69(10)89(102-73(14)110)95(125-81)121-53-43-33-26-28-38-48-80(114)60-107(61-86(116)99-50-40-30-34-44-54-122-96-90(103-74(15)111)70(11)66(7)82(19-2)126-96)93(119)77-57-78(59-79(58-77)106-85(115)49-39-29-25-23-22-24-27-37-47-64(5)109)94(120)108(62-87(117)100-51-41-31-35-45-55-123-97-91(104-75(16)112)71(12)67(8)83(20-3)127-97)63-88(118)101-52-42-32-36-46-56-124-98-92(105-76(17)113)72(13)68(9)84(21-4)128-98/h57-59,65-72,81-84,89-92,95-98H,18-56,60-63H2,1-17H3,(H,99,116)(H,100,117)(H,101,118)(H,102,110)(H,103,111)(H,104,112)(H,105,113)(H,106,115). The number of unbranched alkanes of at least 4 members (excludes halogenated alkanes) is 20. The van der Waals surface area contributed by atoms with Gasteiger partial charge in [0.2, 0.25) is 47.3 Å². The van der Waals surface area contributed by atoms with Crippen molar-refractivity contribution in [3.05, 3.63) is 29.3 Å². The lowest BCUT2D eigenvalue weighted by Crippen LogP contribution is -2.57. The first-order valence-electron chi connectivity index (χ1n) is 49.2. The Balaban J connectivity index is 1.37. The van der Waals surface area contributed by atoms with Gasteiger partial charge >= 0.3 is 0 Å². The summed E-state index contributed by atoms with van der Waals surface area (Å²) in [4.78, 5) is 165. The van der Waals surface area contributed by atoms with Crippen molar-refractivity contribution in [3.8, 4) is 0 Å². The van der Waals surface area contributed by atoms with Crippen molar-refractivity contribution in [1.29, 1.82) is 0 Å². The van der Waals surface area contributed by atoms with Crippen LogP contribution < -0.4 is 42.5 Å². The molecule has 4 heterocycles. The lowest BCUT2D eigenvalue weighted by atomic mass is 9.81. The van der Waals surface area contributed by atoms with Gasteiger partial charge in [-0.2, -0.15) is 0 Å². The molecule has 4 aliphatic rings. The second-order valence-electron chi connectivity index (χ2n) is 37.1. The van der Waals surface area contributed by atoms with E-state index in [0.29, 0.717) is 90.6 Å². The molecular weight excluding hydrogens is 1640 g/mol. The Kier molecular flexibility index (Phi) is 53.7. The summed E-state index contributed by atoms with van der Waals surface area (Å²) in [6.45, 7) is 33.0. The highest BCUT2D eigenvalue weighted by Crippen LogP contribution is 2.38. The smallest absolute Gasteiger partial charge is 0.254 e. The number of nitrogens with zero attached hydrogens (tertiary/aromatic N) is 2. The number of ketones is 2. The first-order chi connectivity index (χ1) is 61.2. The van der Waals surface area contributed by atoms with E-state index in [1.807, 2.05) is 0 Å². The van der Waals surface area contributed by atoms with Crippen molar-refractivity contribution in [1.82, 2.24) is 47.0 Å². The number of rotatable bonds is 63. The van der Waals surface area contributed by atoms with Crippen molar-refractivity contribution in [2.24, 2.45) is 47.3 Å².